The van der Waals surface area contributed by atoms with Gasteiger partial charge in [0.1, 0.15) is 0 Å². The van der Waals surface area contributed by atoms with Gasteiger partial charge in [0.15, 0.2) is 0 Å². The second kappa shape index (κ2) is 5.56. The number of anilines is 3. The highest BCUT2D eigenvalue weighted by molar-refractivity contribution is 5.95. The lowest BCUT2D eigenvalue weighted by Gasteiger charge is -2.28. The number of carbonyl (C=O) groups is 1. The van der Waals surface area contributed by atoms with Crippen LogP contribution in [0, 0.1) is 5.41 Å². The summed E-state index contributed by atoms with van der Waals surface area (Å²) >= 11 is 0. The van der Waals surface area contributed by atoms with Gasteiger partial charge >= 0.3 is 0 Å². The Hall–Kier alpha value is -1.75. The molecule has 5 heteroatoms. The van der Waals surface area contributed by atoms with Crippen LogP contribution >= 0.6 is 0 Å². The highest BCUT2D eigenvalue weighted by Crippen LogP contribution is 2.38. The number of nitrogens with two attached hydrogens (primary N) is 1. The molecule has 0 spiro atoms. The Morgan fingerprint density at radius 3 is 2.76 bits per heavy atom. The van der Waals surface area contributed by atoms with Crippen LogP contribution in [0.2, 0.25) is 0 Å². The van der Waals surface area contributed by atoms with Gasteiger partial charge in [-0.05, 0) is 37.0 Å². The number of benzene rings is 1. The minimum atomic E-state index is -0.00341. The highest BCUT2D eigenvalue weighted by Gasteiger charge is 2.33. The van der Waals surface area contributed by atoms with Crippen molar-refractivity contribution in [3.63, 3.8) is 0 Å². The minimum absolute atomic E-state index is 0.00341. The second-order valence-corrected chi connectivity index (χ2v) is 6.36. The molecule has 1 fully saturated rings. The summed E-state index contributed by atoms with van der Waals surface area (Å²) in [6.07, 6.45) is 5.79. The van der Waals surface area contributed by atoms with Crippen LogP contribution in [0.4, 0.5) is 17.1 Å². The first-order valence-corrected chi connectivity index (χ1v) is 7.69. The zero-order valence-corrected chi connectivity index (χ0v) is 12.2. The van der Waals surface area contributed by atoms with Gasteiger partial charge in [0, 0.05) is 24.1 Å². The van der Waals surface area contributed by atoms with Crippen LogP contribution in [0.3, 0.4) is 0 Å². The summed E-state index contributed by atoms with van der Waals surface area (Å²) in [6.45, 7) is 0.972. The smallest absolute Gasteiger partial charge is 0.224 e. The van der Waals surface area contributed by atoms with Gasteiger partial charge in [0.25, 0.3) is 0 Å². The van der Waals surface area contributed by atoms with Crippen molar-refractivity contribution in [3.8, 4) is 0 Å². The molecule has 1 aliphatic heterocycles. The number of nitrogens with one attached hydrogen (secondary N) is 2. The van der Waals surface area contributed by atoms with Crippen molar-refractivity contribution in [1.82, 2.24) is 0 Å². The highest BCUT2D eigenvalue weighted by atomic mass is 16.3. The maximum absolute atomic E-state index is 11.4. The number of nitrogen functional groups attached to an aromatic ring is 1. The molecule has 3 rings (SSSR count). The molecule has 0 atom stereocenters. The van der Waals surface area contributed by atoms with Crippen LogP contribution in [0.15, 0.2) is 12.1 Å². The van der Waals surface area contributed by atoms with Crippen LogP contribution in [0.1, 0.15) is 37.7 Å². The maximum Gasteiger partial charge on any atom is 0.224 e. The minimum Gasteiger partial charge on any atom is -0.397 e. The predicted octanol–water partition coefficient (Wildman–Crippen LogP) is 2.12. The van der Waals surface area contributed by atoms with Crippen LogP contribution in [-0.2, 0) is 11.2 Å². The van der Waals surface area contributed by atoms with E-state index in [9.17, 15) is 9.90 Å². The van der Waals surface area contributed by atoms with Crippen LogP contribution in [0.5, 0.6) is 0 Å². The Kier molecular flexibility index (Phi) is 3.76. The van der Waals surface area contributed by atoms with Gasteiger partial charge in [-0.2, -0.15) is 0 Å². The molecule has 0 saturated heterocycles. The third-order valence-electron chi connectivity index (χ3n) is 4.82. The summed E-state index contributed by atoms with van der Waals surface area (Å²) < 4.78 is 0. The van der Waals surface area contributed by atoms with E-state index in [2.05, 4.69) is 10.6 Å². The fourth-order valence-electron chi connectivity index (χ4n) is 3.40. The monoisotopic (exact) mass is 289 g/mol. The first kappa shape index (κ1) is 14.2. The van der Waals surface area contributed by atoms with Crippen molar-refractivity contribution >= 4 is 23.0 Å². The van der Waals surface area contributed by atoms with E-state index in [0.717, 1.165) is 42.7 Å². The number of hydrogen-bond acceptors (Lipinski definition) is 4. The maximum atomic E-state index is 11.4. The van der Waals surface area contributed by atoms with Gasteiger partial charge in [-0.15, -0.1) is 0 Å². The third-order valence-corrected chi connectivity index (χ3v) is 4.82. The molecule has 1 amide bonds. The van der Waals surface area contributed by atoms with Gasteiger partial charge < -0.3 is 21.5 Å². The van der Waals surface area contributed by atoms with E-state index in [-0.39, 0.29) is 17.9 Å². The molecule has 1 aromatic rings. The zero-order valence-electron chi connectivity index (χ0n) is 12.2. The summed E-state index contributed by atoms with van der Waals surface area (Å²) in [5, 5.41) is 15.9. The van der Waals surface area contributed by atoms with Gasteiger partial charge in [-0.3, -0.25) is 4.79 Å². The molecule has 1 aliphatic carbocycles. The molecule has 5 nitrogen and oxygen atoms in total. The van der Waals surface area contributed by atoms with Crippen molar-refractivity contribution in [2.75, 3.05) is 29.5 Å². The van der Waals surface area contributed by atoms with E-state index >= 15 is 0 Å². The number of fused-ring (bicyclic) bond motifs is 1. The molecule has 1 aromatic carbocycles. The molecule has 0 unspecified atom stereocenters. The lowest BCUT2D eigenvalue weighted by molar-refractivity contribution is -0.116. The standard InChI is InChI=1S/C16H23N3O2/c17-12-8-13-11(3-4-15(21)19-13)7-14(12)18-9-16(10-20)5-1-2-6-16/h7-8,18,20H,1-6,9-10,17H2,(H,19,21). The summed E-state index contributed by atoms with van der Waals surface area (Å²) in [5.74, 6) is 0.0489. The lowest BCUT2D eigenvalue weighted by atomic mass is 9.87. The predicted molar refractivity (Wildman–Crippen MR) is 84.3 cm³/mol. The molecule has 5 N–H and O–H groups in total. The van der Waals surface area contributed by atoms with Crippen LogP contribution in [0.25, 0.3) is 0 Å². The van der Waals surface area contributed by atoms with E-state index < -0.39 is 0 Å². The molecule has 0 radical (unpaired) electrons. The lowest BCUT2D eigenvalue weighted by Crippen LogP contribution is -2.30. The number of amides is 1. The Labute approximate surface area is 124 Å². The van der Waals surface area contributed by atoms with E-state index in [1.54, 1.807) is 0 Å². The molecule has 0 bridgehead atoms. The summed E-state index contributed by atoms with van der Waals surface area (Å²) in [5.41, 5.74) is 9.57. The number of aliphatic hydroxyl groups excluding tert-OH is 1. The molecule has 114 valence electrons. The van der Waals surface area contributed by atoms with Crippen LogP contribution < -0.4 is 16.4 Å². The van der Waals surface area contributed by atoms with E-state index in [4.69, 9.17) is 5.73 Å². The normalized spacial score (nSPS) is 20.0. The first-order chi connectivity index (χ1) is 10.1. The van der Waals surface area contributed by atoms with Gasteiger partial charge in [0.05, 0.1) is 18.0 Å². The summed E-state index contributed by atoms with van der Waals surface area (Å²) in [7, 11) is 0. The average Bonchev–Trinajstić information content (AvgIpc) is 2.94. The number of hydrogen-bond donors (Lipinski definition) is 4. The molecule has 0 aromatic heterocycles. The Bertz CT molecular complexity index is 551. The molecule has 1 heterocycles. The van der Waals surface area contributed by atoms with E-state index in [0.29, 0.717) is 12.1 Å². The number of rotatable bonds is 4. The van der Waals surface area contributed by atoms with Crippen LogP contribution in [-0.4, -0.2) is 24.2 Å². The first-order valence-electron chi connectivity index (χ1n) is 7.69. The number of aryl methyl sites for hydroxylation is 1. The van der Waals surface area contributed by atoms with Crippen molar-refractivity contribution in [2.24, 2.45) is 5.41 Å². The SMILES string of the molecule is Nc1cc2c(cc1NCC1(CO)CCCC1)CCC(=O)N2. The van der Waals surface area contributed by atoms with Gasteiger partial charge in [-0.1, -0.05) is 12.8 Å². The third kappa shape index (κ3) is 2.83. The van der Waals surface area contributed by atoms with Gasteiger partial charge in [0.2, 0.25) is 5.91 Å². The number of aliphatic hydroxyl groups is 1. The van der Waals surface area contributed by atoms with Crippen molar-refractivity contribution in [3.05, 3.63) is 17.7 Å². The molecule has 1 saturated carbocycles. The van der Waals surface area contributed by atoms with Crippen molar-refractivity contribution in [2.45, 2.75) is 38.5 Å². The van der Waals surface area contributed by atoms with Gasteiger partial charge in [-0.25, -0.2) is 0 Å². The average molecular weight is 289 g/mol. The van der Waals surface area contributed by atoms with E-state index in [1.807, 2.05) is 12.1 Å². The topological polar surface area (TPSA) is 87.4 Å². The fourth-order valence-corrected chi connectivity index (χ4v) is 3.40. The summed E-state index contributed by atoms with van der Waals surface area (Å²) in [6, 6.07) is 3.86. The number of carbonyl (C=O) groups excluding carboxylic acids is 1. The molecule has 21 heavy (non-hydrogen) atoms. The quantitative estimate of drug-likeness (QED) is 0.639. The zero-order chi connectivity index (χ0) is 14.9. The molecule has 2 aliphatic rings. The Morgan fingerprint density at radius 1 is 1.29 bits per heavy atom. The molecular formula is C16H23N3O2. The summed E-state index contributed by atoms with van der Waals surface area (Å²) in [4.78, 5) is 11.4. The second-order valence-electron chi connectivity index (χ2n) is 6.36. The van der Waals surface area contributed by atoms with Crippen molar-refractivity contribution < 1.29 is 9.90 Å². The van der Waals surface area contributed by atoms with E-state index in [1.165, 1.54) is 12.8 Å². The fraction of sp³-hybridized carbons (Fsp3) is 0.562. The molecular weight excluding hydrogens is 266 g/mol. The Balaban J connectivity index is 1.75. The Morgan fingerprint density at radius 2 is 2.05 bits per heavy atom. The van der Waals surface area contributed by atoms with Crippen molar-refractivity contribution in [1.29, 1.82) is 0 Å². The largest absolute Gasteiger partial charge is 0.397 e.